The number of aliphatic hydroxyl groups is 2. The zero-order valence-corrected chi connectivity index (χ0v) is 42.1. The number of aromatic nitrogens is 3. The lowest BCUT2D eigenvalue weighted by Crippen LogP contribution is -2.15. The molecule has 0 saturated carbocycles. The Kier molecular flexibility index (Phi) is 17.8. The van der Waals surface area contributed by atoms with Gasteiger partial charge >= 0.3 is 0 Å². The Morgan fingerprint density at radius 3 is 2.00 bits per heavy atom. The number of benzene rings is 5. The largest absolute Gasteiger partial charge is 0.505 e. The van der Waals surface area contributed by atoms with E-state index < -0.39 is 61.6 Å². The number of azo groups is 3. The summed E-state index contributed by atoms with van der Waals surface area (Å²) in [4.78, 5) is 21.2. The minimum atomic E-state index is -5.11. The number of hydrogen-bond donors (Lipinski definition) is 9. The van der Waals surface area contributed by atoms with Crippen LogP contribution in [-0.2, 0) is 39.0 Å². The number of carbonyl (C=O) groups is 1. The van der Waals surface area contributed by atoms with E-state index in [0.29, 0.717) is 44.4 Å². The van der Waals surface area contributed by atoms with E-state index in [1.807, 2.05) is 0 Å². The number of ether oxygens (including phenoxy) is 2. The summed E-state index contributed by atoms with van der Waals surface area (Å²) in [6, 6.07) is 17.6. The number of nitrogens with two attached hydrogens (primary N) is 1. The molecule has 8 rings (SSSR count). The predicted octanol–water partition coefficient (Wildman–Crippen LogP) is 8.66. The third-order valence-corrected chi connectivity index (χ3v) is 12.7. The summed E-state index contributed by atoms with van der Waals surface area (Å²) >= 11 is 2.23. The molecule has 0 fully saturated rings. The fourth-order valence-corrected chi connectivity index (χ4v) is 9.26. The molecule has 0 aliphatic heterocycles. The van der Waals surface area contributed by atoms with Crippen molar-refractivity contribution in [2.45, 2.75) is 21.6 Å². The molecule has 3 aromatic heterocycles. The van der Waals surface area contributed by atoms with E-state index >= 15 is 0 Å². The number of hydrogen-bond acceptors (Lipinski definition) is 28. The number of para-hydroxylation sites is 2. The van der Waals surface area contributed by atoms with Crippen molar-refractivity contribution in [2.75, 3.05) is 32.7 Å². The highest BCUT2D eigenvalue weighted by atomic mass is 32.2. The summed E-state index contributed by atoms with van der Waals surface area (Å²) in [5.41, 5.74) is 5.72. The number of fused-ring (bicyclic) bond motifs is 5. The predicted molar refractivity (Wildman–Crippen MR) is 266 cm³/mol. The van der Waals surface area contributed by atoms with Crippen molar-refractivity contribution < 1.29 is 89.9 Å². The number of aromatic hydroxyl groups is 2. The average Bonchev–Trinajstić information content (AvgIpc) is 3.95. The molecule has 0 saturated heterocycles. The second-order valence-electron chi connectivity index (χ2n) is 14.7. The van der Waals surface area contributed by atoms with Crippen molar-refractivity contribution in [1.29, 1.82) is 0 Å². The van der Waals surface area contributed by atoms with E-state index in [0.717, 1.165) is 24.2 Å². The molecule has 0 unspecified atom stereocenters. The van der Waals surface area contributed by atoms with Gasteiger partial charge in [-0.2, -0.15) is 16.8 Å². The third kappa shape index (κ3) is 13.2. The van der Waals surface area contributed by atoms with Crippen molar-refractivity contribution >= 4 is 133 Å². The molecule has 34 heteroatoms. The maximum Gasteiger partial charge on any atom is 0.296 e. The van der Waals surface area contributed by atoms with Gasteiger partial charge in [0.1, 0.15) is 58.0 Å². The average molecular weight is 1130 g/mol. The summed E-state index contributed by atoms with van der Waals surface area (Å²) in [5, 5.41) is 92.7. The molecule has 0 bridgehead atoms. The lowest BCUT2D eigenvalue weighted by Gasteiger charge is -2.13. The van der Waals surface area contributed by atoms with Crippen molar-refractivity contribution in [3.63, 3.8) is 0 Å². The number of phenolic OH excluding ortho intramolecular Hbond substituents is 1. The summed E-state index contributed by atoms with van der Waals surface area (Å²) in [6.07, 6.45) is 0.715. The molecule has 10 N–H and O–H groups in total. The van der Waals surface area contributed by atoms with Crippen LogP contribution in [-0.4, -0.2) is 110 Å². The van der Waals surface area contributed by atoms with Crippen LogP contribution in [0.2, 0.25) is 0 Å². The van der Waals surface area contributed by atoms with Crippen LogP contribution in [0, 0.1) is 6.92 Å². The lowest BCUT2D eigenvalue weighted by molar-refractivity contribution is -0.432. The first kappa shape index (κ1) is 55.6. The summed E-state index contributed by atoms with van der Waals surface area (Å²) in [7, 11) is -8.77. The van der Waals surface area contributed by atoms with E-state index in [-0.39, 0.29) is 85.0 Å². The number of amides is 1. The van der Waals surface area contributed by atoms with Crippen LogP contribution in [0.3, 0.4) is 0 Å². The fourth-order valence-electron chi connectivity index (χ4n) is 6.83. The van der Waals surface area contributed by atoms with Crippen LogP contribution in [0.15, 0.2) is 118 Å². The Labute approximate surface area is 432 Å². The number of carbonyl (C=O) groups excluding carboxylic acids is 1. The van der Waals surface area contributed by atoms with Gasteiger partial charge in [0.05, 0.1) is 75.3 Å². The SMILES string of the molecule is CS(=O)(=O)O.Cc1c(N=Nc2cc3c(O)c(N=Nc4cc(OCCO)c(N=Nc5nc6ccc(SOOO)cc6s5)cc4OCCO)c(SOOO)cc3cc2S(=O)(=O)O)c(O)n2c(nc3ccccc32)c1C(N)=O. The Morgan fingerprint density at radius 2 is 1.37 bits per heavy atom. The highest BCUT2D eigenvalue weighted by molar-refractivity contribution is 7.95. The van der Waals surface area contributed by atoms with Crippen molar-refractivity contribution in [3.8, 4) is 23.1 Å². The van der Waals surface area contributed by atoms with Gasteiger partial charge < -0.3 is 35.6 Å². The van der Waals surface area contributed by atoms with Crippen LogP contribution >= 0.6 is 35.4 Å². The number of nitrogens with zero attached hydrogens (tertiary/aromatic N) is 9. The van der Waals surface area contributed by atoms with Gasteiger partial charge in [0.15, 0.2) is 11.4 Å². The minimum Gasteiger partial charge on any atom is -0.505 e. The first-order valence-electron chi connectivity index (χ1n) is 20.5. The number of rotatable bonds is 20. The van der Waals surface area contributed by atoms with Crippen LogP contribution < -0.4 is 15.2 Å². The first-order chi connectivity index (χ1) is 35.7. The second-order valence-corrected chi connectivity index (χ2v) is 20.1. The molecule has 29 nitrogen and oxygen atoms in total. The summed E-state index contributed by atoms with van der Waals surface area (Å²) in [5.74, 6) is -2.19. The normalized spacial score (nSPS) is 12.3. The number of pyridine rings is 1. The highest BCUT2D eigenvalue weighted by Crippen LogP contribution is 2.48. The van der Waals surface area contributed by atoms with Gasteiger partial charge in [0.25, 0.3) is 26.1 Å². The minimum absolute atomic E-state index is 0.00994. The maximum atomic E-state index is 12.8. The van der Waals surface area contributed by atoms with Gasteiger partial charge in [0.2, 0.25) is 11.0 Å². The van der Waals surface area contributed by atoms with E-state index in [1.165, 1.54) is 40.9 Å². The number of aliphatic hydroxyl groups excluding tert-OH is 2. The van der Waals surface area contributed by atoms with Gasteiger partial charge in [-0.05, 0) is 66.4 Å². The van der Waals surface area contributed by atoms with Crippen LogP contribution in [0.1, 0.15) is 15.9 Å². The van der Waals surface area contributed by atoms with E-state index in [2.05, 4.69) is 59.4 Å². The third-order valence-electron chi connectivity index (χ3n) is 9.75. The van der Waals surface area contributed by atoms with E-state index in [4.69, 9.17) is 30.3 Å². The molecule has 0 aliphatic rings. The Balaban J connectivity index is 0.00000157. The van der Waals surface area contributed by atoms with Crippen molar-refractivity contribution in [3.05, 3.63) is 83.9 Å². The van der Waals surface area contributed by atoms with E-state index in [9.17, 15) is 46.6 Å². The lowest BCUT2D eigenvalue weighted by atomic mass is 10.1. The molecule has 0 atom stereocenters. The number of primary amides is 1. The zero-order valence-electron chi connectivity index (χ0n) is 38.0. The Bertz CT molecular complexity index is 3790. The number of imidazole rings is 1. The zero-order chi connectivity index (χ0) is 54.2. The number of phenols is 1. The molecule has 75 heavy (non-hydrogen) atoms. The molecule has 3 heterocycles. The topological polar surface area (TPSA) is 433 Å². The highest BCUT2D eigenvalue weighted by Gasteiger charge is 2.26. The molecule has 8 aromatic rings. The molecule has 0 aliphatic carbocycles. The molecule has 394 valence electrons. The summed E-state index contributed by atoms with van der Waals surface area (Å²) in [6.45, 7) is 0.101. The van der Waals surface area contributed by atoms with Crippen LogP contribution in [0.25, 0.3) is 37.7 Å². The van der Waals surface area contributed by atoms with Crippen molar-refractivity contribution in [2.24, 2.45) is 36.4 Å². The molecule has 0 radical (unpaired) electrons. The van der Waals surface area contributed by atoms with Gasteiger partial charge in [0, 0.05) is 22.4 Å². The van der Waals surface area contributed by atoms with Gasteiger partial charge in [-0.1, -0.05) is 33.5 Å². The fraction of sp³-hybridized carbons (Fsp3) is 0.146. The van der Waals surface area contributed by atoms with Gasteiger partial charge in [-0.25, -0.2) is 20.5 Å². The second kappa shape index (κ2) is 24.0. The van der Waals surface area contributed by atoms with Gasteiger partial charge in [-0.3, -0.25) is 18.3 Å². The molecule has 5 aromatic carbocycles. The molecular weight excluding hydrogens is 1100 g/mol. The van der Waals surface area contributed by atoms with Crippen LogP contribution in [0.4, 0.5) is 33.6 Å². The Morgan fingerprint density at radius 1 is 0.760 bits per heavy atom. The smallest absolute Gasteiger partial charge is 0.296 e. The van der Waals surface area contributed by atoms with Gasteiger partial charge in [-0.15, -0.1) is 39.4 Å². The maximum absolute atomic E-state index is 12.8. The van der Waals surface area contributed by atoms with Crippen molar-refractivity contribution in [1.82, 2.24) is 14.4 Å². The summed E-state index contributed by atoms with van der Waals surface area (Å²) < 4.78 is 84.4. The molecule has 1 amide bonds. The first-order valence-corrected chi connectivity index (χ1v) is 26.1. The monoisotopic (exact) mass is 1130 g/mol. The standard InChI is InChI=1S/C40H32N10O16S4.CH4O3S/c1-18-33(37(41)54)38-42-22-4-2-3-5-27(22)50(38)39(55)34(18)47-46-26-15-21-19(13-32(26)70(58,59)60)12-31(69-66-64-57)35(36(21)53)48-44-24-16-29(62-11-9-52)25(17-28(24)61-10-8-51)45-49-40-43-23-7-6-20(68-65-63-56)14-30(23)67-40;1-5(2,3)4/h2-7,12-17,51-53,55-57H,8-11H2,1H3,(H2,41,54)(H,58,59,60);1H3,(H,2,3,4). The number of thiazole rings is 1. The van der Waals surface area contributed by atoms with E-state index in [1.54, 1.807) is 42.5 Å². The quantitative estimate of drug-likeness (QED) is 0.0113. The van der Waals surface area contributed by atoms with Crippen LogP contribution in [0.5, 0.6) is 23.1 Å². The molecular formula is C41H36N10O19S5. The molecule has 0 spiro atoms. The Hall–Kier alpha value is -7.13.